The molecule has 3 nitrogen and oxygen atoms in total. The molecule has 0 bridgehead atoms. The molecule has 0 radical (unpaired) electrons. The van der Waals surface area contributed by atoms with Gasteiger partial charge in [-0.05, 0) is 92.1 Å². The number of carbonyl (C=O) groups is 2. The van der Waals surface area contributed by atoms with Crippen molar-refractivity contribution in [2.24, 2.45) is 34.5 Å². The van der Waals surface area contributed by atoms with Crippen LogP contribution in [-0.2, 0) is 15.1 Å². The number of benzene rings is 1. The molecule has 0 saturated heterocycles. The second kappa shape index (κ2) is 9.10. The highest BCUT2D eigenvalue weighted by Crippen LogP contribution is 2.67. The van der Waals surface area contributed by atoms with Crippen LogP contribution in [-0.4, -0.2) is 24.0 Å². The lowest BCUT2D eigenvalue weighted by Crippen LogP contribution is -2.66. The van der Waals surface area contributed by atoms with Crippen LogP contribution in [0, 0.1) is 41.4 Å². The highest BCUT2D eigenvalue weighted by Gasteiger charge is 2.73. The summed E-state index contributed by atoms with van der Waals surface area (Å²) in [6.45, 7) is 5.65. The van der Waals surface area contributed by atoms with Crippen molar-refractivity contribution in [1.29, 1.82) is 0 Å². The van der Waals surface area contributed by atoms with Gasteiger partial charge in [0.2, 0.25) is 5.91 Å². The van der Waals surface area contributed by atoms with Crippen molar-refractivity contribution in [3.8, 4) is 0 Å². The van der Waals surface area contributed by atoms with Crippen molar-refractivity contribution >= 4 is 11.7 Å². The van der Waals surface area contributed by atoms with E-state index in [1.807, 2.05) is 6.92 Å². The first-order valence-corrected chi connectivity index (χ1v) is 13.8. The molecule has 4 aliphatic rings. The lowest BCUT2D eigenvalue weighted by atomic mass is 9.47. The zero-order chi connectivity index (χ0) is 28.6. The Morgan fingerprint density at radius 2 is 1.51 bits per heavy atom. The third kappa shape index (κ3) is 4.16. The third-order valence-corrected chi connectivity index (χ3v) is 10.9. The Labute approximate surface area is 224 Å². The number of alkyl halides is 6. The Bertz CT molecular complexity index is 1170. The topological polar surface area (TPSA) is 46.2 Å². The number of nitrogens with one attached hydrogen (secondary N) is 1. The molecule has 5 rings (SSSR count). The fraction of sp³-hybridized carbons (Fsp3) is 0.667. The summed E-state index contributed by atoms with van der Waals surface area (Å²) in [4.78, 5) is 25.6. The monoisotopic (exact) mass is 555 g/mol. The molecule has 0 aromatic heterocycles. The fourth-order valence-corrected chi connectivity index (χ4v) is 8.77. The standard InChI is InChI=1S/C30H35F6NO2/c1-17-4-6-18(7-5-17)28(29(31,32)33,30(34,35)36)37-25(39)24-11-10-22-21-9-8-19-16-20(38)12-14-26(19,2)23(21)13-15-27(22,24)3/h4-7,16,21-24H,8-15H2,1-3H3,(H,37,39)/t21-,22-,23+,24?,26-,27-/m0/s1. The number of carbonyl (C=O) groups excluding carboxylic acids is 2. The first-order chi connectivity index (χ1) is 18.0. The number of rotatable bonds is 3. The SMILES string of the molecule is Cc1ccc(C(NC(=O)C2CC[C@H]3[C@@H]4CCC5=CC(=O)CC[C@]5(C)[C@@H]4CC[C@]23C)(C(F)(F)F)C(F)(F)F)cc1. The van der Waals surface area contributed by atoms with Gasteiger partial charge in [0.1, 0.15) is 0 Å². The van der Waals surface area contributed by atoms with E-state index in [1.54, 1.807) is 18.3 Å². The molecular formula is C30H35F6NO2. The maximum Gasteiger partial charge on any atom is 0.424 e. The maximum absolute atomic E-state index is 14.4. The molecule has 0 aliphatic heterocycles. The third-order valence-electron chi connectivity index (χ3n) is 10.9. The van der Waals surface area contributed by atoms with E-state index in [-0.39, 0.29) is 29.5 Å². The Morgan fingerprint density at radius 3 is 2.13 bits per heavy atom. The van der Waals surface area contributed by atoms with Gasteiger partial charge in [-0.2, -0.15) is 26.3 Å². The zero-order valence-electron chi connectivity index (χ0n) is 22.4. The minimum absolute atomic E-state index is 0.0357. The molecule has 39 heavy (non-hydrogen) atoms. The molecule has 6 atom stereocenters. The van der Waals surface area contributed by atoms with Crippen molar-refractivity contribution in [2.75, 3.05) is 0 Å². The first kappa shape index (κ1) is 28.2. The van der Waals surface area contributed by atoms with Crippen molar-refractivity contribution in [1.82, 2.24) is 5.32 Å². The lowest BCUT2D eigenvalue weighted by Gasteiger charge is -2.58. The molecule has 4 aliphatic carbocycles. The van der Waals surface area contributed by atoms with Crippen LogP contribution in [0.5, 0.6) is 0 Å². The van der Waals surface area contributed by atoms with Crippen LogP contribution in [0.25, 0.3) is 0 Å². The van der Waals surface area contributed by atoms with Crippen LogP contribution < -0.4 is 5.32 Å². The molecule has 1 amide bonds. The maximum atomic E-state index is 14.4. The summed E-state index contributed by atoms with van der Waals surface area (Å²) in [6.07, 6.45) is -4.80. The van der Waals surface area contributed by atoms with Crippen LogP contribution in [0.4, 0.5) is 26.3 Å². The van der Waals surface area contributed by atoms with Gasteiger partial charge in [0.05, 0.1) is 0 Å². The predicted octanol–water partition coefficient (Wildman–Crippen LogP) is 7.58. The molecule has 9 heteroatoms. The smallest absolute Gasteiger partial charge is 0.331 e. The van der Waals surface area contributed by atoms with Crippen molar-refractivity contribution < 1.29 is 35.9 Å². The number of allylic oxidation sites excluding steroid dienone is 1. The average molecular weight is 556 g/mol. The molecule has 0 heterocycles. The normalized spacial score (nSPS) is 35.0. The molecular weight excluding hydrogens is 520 g/mol. The highest BCUT2D eigenvalue weighted by molar-refractivity contribution is 5.91. The lowest BCUT2D eigenvalue weighted by molar-refractivity contribution is -0.312. The second-order valence-electron chi connectivity index (χ2n) is 12.7. The van der Waals surface area contributed by atoms with Gasteiger partial charge in [0.15, 0.2) is 5.78 Å². The molecule has 1 N–H and O–H groups in total. The number of hydrogen-bond acceptors (Lipinski definition) is 2. The van der Waals surface area contributed by atoms with Gasteiger partial charge in [0.25, 0.3) is 5.54 Å². The molecule has 1 unspecified atom stereocenters. The van der Waals surface area contributed by atoms with Gasteiger partial charge in [0, 0.05) is 12.3 Å². The summed E-state index contributed by atoms with van der Waals surface area (Å²) < 4.78 is 86.5. The van der Waals surface area contributed by atoms with Crippen molar-refractivity contribution in [3.05, 3.63) is 47.0 Å². The van der Waals surface area contributed by atoms with Gasteiger partial charge < -0.3 is 5.32 Å². The van der Waals surface area contributed by atoms with E-state index in [0.29, 0.717) is 30.7 Å². The van der Waals surface area contributed by atoms with Crippen molar-refractivity contribution in [3.63, 3.8) is 0 Å². The van der Waals surface area contributed by atoms with Crippen LogP contribution >= 0.6 is 0 Å². The number of amides is 1. The Hall–Kier alpha value is -2.32. The largest absolute Gasteiger partial charge is 0.424 e. The minimum Gasteiger partial charge on any atom is -0.331 e. The summed E-state index contributed by atoms with van der Waals surface area (Å²) in [7, 11) is 0. The average Bonchev–Trinajstić information content (AvgIpc) is 3.19. The summed E-state index contributed by atoms with van der Waals surface area (Å²) >= 11 is 0. The molecule has 214 valence electrons. The Balaban J connectivity index is 1.46. The van der Waals surface area contributed by atoms with Crippen LogP contribution in [0.2, 0.25) is 0 Å². The number of ketones is 1. The summed E-state index contributed by atoms with van der Waals surface area (Å²) in [5, 5.41) is 1.54. The number of fused-ring (bicyclic) bond motifs is 5. The van der Waals surface area contributed by atoms with Gasteiger partial charge >= 0.3 is 12.4 Å². The zero-order valence-corrected chi connectivity index (χ0v) is 22.4. The van der Waals surface area contributed by atoms with Crippen LogP contribution in [0.3, 0.4) is 0 Å². The first-order valence-electron chi connectivity index (χ1n) is 13.8. The van der Waals surface area contributed by atoms with E-state index in [4.69, 9.17) is 0 Å². The van der Waals surface area contributed by atoms with Gasteiger partial charge in [-0.1, -0.05) is 49.2 Å². The molecule has 0 spiro atoms. The molecule has 3 saturated carbocycles. The van der Waals surface area contributed by atoms with Gasteiger partial charge in [-0.3, -0.25) is 9.59 Å². The van der Waals surface area contributed by atoms with E-state index >= 15 is 0 Å². The molecule has 3 fully saturated rings. The number of aryl methyl sites for hydroxylation is 1. The van der Waals surface area contributed by atoms with Gasteiger partial charge in [-0.25, -0.2) is 0 Å². The summed E-state index contributed by atoms with van der Waals surface area (Å²) in [5.74, 6) is -1.43. The van der Waals surface area contributed by atoms with Gasteiger partial charge in [-0.15, -0.1) is 0 Å². The molecule has 1 aromatic rings. The Morgan fingerprint density at radius 1 is 0.872 bits per heavy atom. The van der Waals surface area contributed by atoms with E-state index in [0.717, 1.165) is 37.8 Å². The van der Waals surface area contributed by atoms with Crippen molar-refractivity contribution in [2.45, 2.75) is 90.0 Å². The van der Waals surface area contributed by atoms with E-state index in [1.165, 1.54) is 17.7 Å². The van der Waals surface area contributed by atoms with Crippen LogP contribution in [0.1, 0.15) is 76.3 Å². The minimum atomic E-state index is -5.80. The number of halogens is 6. The Kier molecular flexibility index (Phi) is 6.58. The predicted molar refractivity (Wildman–Crippen MR) is 133 cm³/mol. The van der Waals surface area contributed by atoms with E-state index in [2.05, 4.69) is 6.92 Å². The fourth-order valence-electron chi connectivity index (χ4n) is 8.77. The number of hydrogen-bond donors (Lipinski definition) is 1. The van der Waals surface area contributed by atoms with E-state index in [9.17, 15) is 35.9 Å². The summed E-state index contributed by atoms with van der Waals surface area (Å²) in [6, 6.07) is 3.97. The van der Waals surface area contributed by atoms with Crippen LogP contribution in [0.15, 0.2) is 35.9 Å². The molecule has 1 aromatic carbocycles. The quantitative estimate of drug-likeness (QED) is 0.391. The highest BCUT2D eigenvalue weighted by atomic mass is 19.4. The summed E-state index contributed by atoms with van der Waals surface area (Å²) in [5.41, 5.74) is -4.67. The van der Waals surface area contributed by atoms with E-state index < -0.39 is 40.7 Å². The second-order valence-corrected chi connectivity index (χ2v) is 12.7.